The van der Waals surface area contributed by atoms with Gasteiger partial charge in [0.2, 0.25) is 0 Å². The Hall–Kier alpha value is -2.40. The highest BCUT2D eigenvalue weighted by molar-refractivity contribution is 7.93. The summed E-state index contributed by atoms with van der Waals surface area (Å²) < 4.78 is 26.9. The van der Waals surface area contributed by atoms with Gasteiger partial charge in [0.25, 0.3) is 10.0 Å². The summed E-state index contributed by atoms with van der Waals surface area (Å²) >= 11 is 0. The predicted molar refractivity (Wildman–Crippen MR) is 105 cm³/mol. The minimum Gasteiger partial charge on any atom is -0.396 e. The minimum atomic E-state index is -3.91. The highest BCUT2D eigenvalue weighted by atomic mass is 32.2. The second-order valence-corrected chi connectivity index (χ2v) is 8.18. The minimum absolute atomic E-state index is 0.0723. The fraction of sp³-hybridized carbons (Fsp3) is 0.316. The van der Waals surface area contributed by atoms with E-state index in [1.807, 2.05) is 49.3 Å². The van der Waals surface area contributed by atoms with Gasteiger partial charge in [0.15, 0.2) is 4.91 Å². The number of nitriles is 1. The Kier molecular flexibility index (Phi) is 6.37. The molecule has 0 aromatic heterocycles. The lowest BCUT2D eigenvalue weighted by Crippen LogP contribution is -2.30. The van der Waals surface area contributed by atoms with E-state index in [2.05, 4.69) is 4.72 Å². The Bertz CT molecular complexity index is 960. The van der Waals surface area contributed by atoms with Gasteiger partial charge in [0.05, 0.1) is 0 Å². The van der Waals surface area contributed by atoms with Crippen LogP contribution in [0.15, 0.2) is 41.3 Å². The van der Waals surface area contributed by atoms with Gasteiger partial charge in [-0.1, -0.05) is 25.1 Å². The highest BCUT2D eigenvalue weighted by Gasteiger charge is 2.18. The van der Waals surface area contributed by atoms with Gasteiger partial charge >= 0.3 is 0 Å². The van der Waals surface area contributed by atoms with Gasteiger partial charge in [0.1, 0.15) is 6.07 Å². The average Bonchev–Trinajstić information content (AvgIpc) is 2.63. The Morgan fingerprint density at radius 2 is 1.92 bits per heavy atom. The smallest absolute Gasteiger partial charge is 0.250 e. The van der Waals surface area contributed by atoms with Crippen LogP contribution in [-0.2, 0) is 10.0 Å². The van der Waals surface area contributed by atoms with E-state index in [9.17, 15) is 13.7 Å². The molecule has 6 nitrogen and oxygen atoms in total. The van der Waals surface area contributed by atoms with Gasteiger partial charge in [-0.3, -0.25) is 0 Å². The molecule has 0 saturated carbocycles. The summed E-state index contributed by atoms with van der Waals surface area (Å²) in [6.07, 6.45) is 1.35. The van der Waals surface area contributed by atoms with E-state index in [4.69, 9.17) is 5.11 Å². The third-order valence-electron chi connectivity index (χ3n) is 4.00. The van der Waals surface area contributed by atoms with Crippen molar-refractivity contribution in [2.45, 2.75) is 6.92 Å². The van der Waals surface area contributed by atoms with E-state index in [0.29, 0.717) is 5.56 Å². The van der Waals surface area contributed by atoms with Crippen LogP contribution in [0.2, 0.25) is 0 Å². The summed E-state index contributed by atoms with van der Waals surface area (Å²) in [5.74, 6) is -0.226. The topological polar surface area (TPSA) is 93.4 Å². The molecule has 2 N–H and O–H groups in total. The zero-order chi connectivity index (χ0) is 19.3. The van der Waals surface area contributed by atoms with E-state index in [1.165, 1.54) is 6.08 Å². The molecule has 26 heavy (non-hydrogen) atoms. The standard InChI is InChI=1S/C19H23N3O3S/c1-14(13-23)12-21-26(24,25)19(11-20)9-15-4-5-17-10-18(22(2)3)7-6-16(17)8-15/h4-10,14,21,23H,12-13H2,1-3H3/b19-9+. The number of allylic oxidation sites excluding steroid dienone is 1. The van der Waals surface area contributed by atoms with Crippen molar-refractivity contribution in [3.05, 3.63) is 46.9 Å². The molecule has 2 rings (SSSR count). The summed E-state index contributed by atoms with van der Waals surface area (Å²) in [7, 11) is 0.0157. The van der Waals surface area contributed by atoms with E-state index in [0.717, 1.165) is 16.5 Å². The van der Waals surface area contributed by atoms with Crippen molar-refractivity contribution >= 4 is 32.6 Å². The van der Waals surface area contributed by atoms with Crippen LogP contribution in [0.3, 0.4) is 0 Å². The van der Waals surface area contributed by atoms with Crippen molar-refractivity contribution in [2.75, 3.05) is 32.1 Å². The Balaban J connectivity index is 2.33. The zero-order valence-corrected chi connectivity index (χ0v) is 15.9. The van der Waals surface area contributed by atoms with Crippen molar-refractivity contribution in [1.29, 1.82) is 5.26 Å². The average molecular weight is 373 g/mol. The highest BCUT2D eigenvalue weighted by Crippen LogP contribution is 2.23. The van der Waals surface area contributed by atoms with Gasteiger partial charge in [-0.2, -0.15) is 5.26 Å². The van der Waals surface area contributed by atoms with E-state index in [1.54, 1.807) is 19.1 Å². The number of hydrogen-bond donors (Lipinski definition) is 2. The molecule has 1 atom stereocenters. The number of aliphatic hydroxyl groups excluding tert-OH is 1. The molecule has 0 bridgehead atoms. The van der Waals surface area contributed by atoms with Crippen molar-refractivity contribution < 1.29 is 13.5 Å². The van der Waals surface area contributed by atoms with Crippen molar-refractivity contribution in [3.63, 3.8) is 0 Å². The summed E-state index contributed by atoms with van der Waals surface area (Å²) in [5, 5.41) is 20.3. The largest absolute Gasteiger partial charge is 0.396 e. The Morgan fingerprint density at radius 1 is 1.27 bits per heavy atom. The lowest BCUT2D eigenvalue weighted by molar-refractivity contribution is 0.239. The van der Waals surface area contributed by atoms with Crippen LogP contribution in [0, 0.1) is 17.2 Å². The molecule has 2 aromatic rings. The van der Waals surface area contributed by atoms with Crippen molar-refractivity contribution in [3.8, 4) is 6.07 Å². The number of anilines is 1. The predicted octanol–water partition coefficient (Wildman–Crippen LogP) is 2.32. The van der Waals surface area contributed by atoms with Crippen LogP contribution in [0.25, 0.3) is 16.8 Å². The number of benzene rings is 2. The number of nitrogens with zero attached hydrogens (tertiary/aromatic N) is 2. The van der Waals surface area contributed by atoms with E-state index in [-0.39, 0.29) is 24.0 Å². The molecule has 1 unspecified atom stereocenters. The molecule has 2 aromatic carbocycles. The van der Waals surface area contributed by atoms with Crippen LogP contribution in [0.1, 0.15) is 12.5 Å². The molecule has 7 heteroatoms. The van der Waals surface area contributed by atoms with Crippen LogP contribution < -0.4 is 9.62 Å². The number of hydrogen-bond acceptors (Lipinski definition) is 5. The maximum Gasteiger partial charge on any atom is 0.250 e. The van der Waals surface area contributed by atoms with E-state index < -0.39 is 10.0 Å². The van der Waals surface area contributed by atoms with Crippen LogP contribution >= 0.6 is 0 Å². The normalized spacial score (nSPS) is 13.4. The fourth-order valence-corrected chi connectivity index (χ4v) is 3.41. The summed E-state index contributed by atoms with van der Waals surface area (Å²) in [5.41, 5.74) is 1.70. The first kappa shape index (κ1) is 19.9. The van der Waals surface area contributed by atoms with E-state index >= 15 is 0 Å². The van der Waals surface area contributed by atoms with Crippen LogP contribution in [0.4, 0.5) is 5.69 Å². The maximum absolute atomic E-state index is 12.3. The molecule has 0 fully saturated rings. The molecule has 0 aliphatic rings. The third kappa shape index (κ3) is 4.82. The first-order valence-electron chi connectivity index (χ1n) is 8.20. The molecule has 0 saturated heterocycles. The second kappa shape index (κ2) is 8.32. The zero-order valence-electron chi connectivity index (χ0n) is 15.1. The SMILES string of the molecule is CC(CO)CNS(=O)(=O)/C(C#N)=C/c1ccc2cc(N(C)C)ccc2c1. The molecule has 0 heterocycles. The van der Waals surface area contributed by atoms with Gasteiger partial charge in [-0.25, -0.2) is 13.1 Å². The monoisotopic (exact) mass is 373 g/mol. The molecule has 0 aliphatic carbocycles. The van der Waals surface area contributed by atoms with Crippen LogP contribution in [0.5, 0.6) is 0 Å². The molecule has 0 aliphatic heterocycles. The summed E-state index contributed by atoms with van der Waals surface area (Å²) in [6, 6.07) is 13.3. The molecule has 138 valence electrons. The Morgan fingerprint density at radius 3 is 2.54 bits per heavy atom. The Labute approximate surface area is 154 Å². The number of aliphatic hydroxyl groups is 1. The molecule has 0 amide bonds. The van der Waals surface area contributed by atoms with Gasteiger partial charge in [-0.15, -0.1) is 0 Å². The number of fused-ring (bicyclic) bond motifs is 1. The summed E-state index contributed by atoms with van der Waals surface area (Å²) in [4.78, 5) is 1.65. The van der Waals surface area contributed by atoms with Crippen molar-refractivity contribution in [2.24, 2.45) is 5.92 Å². The third-order valence-corrected chi connectivity index (χ3v) is 5.33. The quantitative estimate of drug-likeness (QED) is 0.727. The lowest BCUT2D eigenvalue weighted by Gasteiger charge is -2.13. The maximum atomic E-state index is 12.3. The van der Waals surface area contributed by atoms with Gasteiger partial charge in [0, 0.05) is 32.9 Å². The fourth-order valence-electron chi connectivity index (χ4n) is 2.34. The first-order chi connectivity index (χ1) is 12.3. The van der Waals surface area contributed by atoms with Gasteiger partial charge < -0.3 is 10.0 Å². The molecular formula is C19H23N3O3S. The summed E-state index contributed by atoms with van der Waals surface area (Å²) in [6.45, 7) is 1.65. The second-order valence-electron chi connectivity index (χ2n) is 6.45. The number of nitrogens with one attached hydrogen (secondary N) is 1. The molecule has 0 spiro atoms. The number of sulfonamides is 1. The van der Waals surface area contributed by atoms with Crippen molar-refractivity contribution in [1.82, 2.24) is 4.72 Å². The number of rotatable bonds is 7. The molecular weight excluding hydrogens is 350 g/mol. The van der Waals surface area contributed by atoms with Gasteiger partial charge in [-0.05, 0) is 46.5 Å². The molecule has 0 radical (unpaired) electrons. The van der Waals surface area contributed by atoms with Crippen LogP contribution in [-0.4, -0.2) is 40.8 Å². The first-order valence-corrected chi connectivity index (χ1v) is 9.68. The lowest BCUT2D eigenvalue weighted by atomic mass is 10.1.